The van der Waals surface area contributed by atoms with Crippen LogP contribution in [0.4, 0.5) is 0 Å². The van der Waals surface area contributed by atoms with Gasteiger partial charge in [0, 0.05) is 0 Å². The number of benzene rings is 2. The minimum Gasteiger partial charge on any atom is -0.377 e. The summed E-state index contributed by atoms with van der Waals surface area (Å²) in [5, 5.41) is 11.2. The number of hydrogen-bond donors (Lipinski definition) is 1. The van der Waals surface area contributed by atoms with Crippen molar-refractivity contribution in [2.24, 2.45) is 0 Å². The van der Waals surface area contributed by atoms with Crippen LogP contribution in [0.3, 0.4) is 0 Å². The summed E-state index contributed by atoms with van der Waals surface area (Å²) in [6.07, 6.45) is 3.56. The van der Waals surface area contributed by atoms with E-state index in [0.29, 0.717) is 0 Å². The molecule has 112 valence electrons. The molecule has 0 heterocycles. The molecule has 22 heavy (non-hydrogen) atoms. The van der Waals surface area contributed by atoms with Gasteiger partial charge in [0.1, 0.15) is 13.7 Å². The lowest BCUT2D eigenvalue weighted by Gasteiger charge is -2.25. The summed E-state index contributed by atoms with van der Waals surface area (Å²) in [5.74, 6) is 3.09. The molecular weight excluding hydrogens is 284 g/mol. The topological polar surface area (TPSA) is 20.2 Å². The molecule has 1 nitrogen and oxygen atoms in total. The fraction of sp³-hybridized carbons (Fsp3) is 0.200. The van der Waals surface area contributed by atoms with Gasteiger partial charge in [-0.3, -0.25) is 0 Å². The third-order valence-electron chi connectivity index (χ3n) is 3.28. The molecule has 0 aliphatic carbocycles. The SMILES string of the molecule is C[Si](C)(C)C#C/C=C\C(O)(c1ccccc1)c1ccccc1. The highest BCUT2D eigenvalue weighted by molar-refractivity contribution is 6.83. The van der Waals surface area contributed by atoms with Crippen molar-refractivity contribution in [2.75, 3.05) is 0 Å². The second-order valence-electron chi connectivity index (χ2n) is 6.35. The molecule has 0 fully saturated rings. The molecule has 2 aromatic carbocycles. The summed E-state index contributed by atoms with van der Waals surface area (Å²) in [7, 11) is -1.41. The molecule has 2 aromatic rings. The molecular formula is C20H22OSi. The van der Waals surface area contributed by atoms with Crippen LogP contribution in [0.1, 0.15) is 11.1 Å². The normalized spacial score (nSPS) is 12.0. The Balaban J connectivity index is 2.43. The summed E-state index contributed by atoms with van der Waals surface area (Å²) >= 11 is 0. The van der Waals surface area contributed by atoms with Gasteiger partial charge in [0.25, 0.3) is 0 Å². The van der Waals surface area contributed by atoms with Crippen LogP contribution in [0.15, 0.2) is 72.8 Å². The van der Waals surface area contributed by atoms with E-state index in [2.05, 4.69) is 31.1 Å². The van der Waals surface area contributed by atoms with Gasteiger partial charge >= 0.3 is 0 Å². The zero-order valence-corrected chi connectivity index (χ0v) is 14.4. The molecule has 0 aliphatic rings. The Kier molecular flexibility index (Phi) is 5.02. The maximum absolute atomic E-state index is 11.2. The van der Waals surface area contributed by atoms with Crippen LogP contribution < -0.4 is 0 Å². The predicted molar refractivity (Wildman–Crippen MR) is 96.1 cm³/mol. The molecule has 0 aliphatic heterocycles. The van der Waals surface area contributed by atoms with Gasteiger partial charge in [-0.05, 0) is 23.3 Å². The van der Waals surface area contributed by atoms with Gasteiger partial charge in [-0.25, -0.2) is 0 Å². The molecule has 0 spiro atoms. The minimum absolute atomic E-state index is 0.840. The molecule has 0 saturated carbocycles. The molecule has 0 bridgehead atoms. The standard InChI is InChI=1S/C20H22OSi/c1-22(2,3)17-11-10-16-20(21,18-12-6-4-7-13-18)19-14-8-5-9-15-19/h4-10,12-16,21H,1-3H3/b16-10-. The summed E-state index contributed by atoms with van der Waals surface area (Å²) in [6, 6.07) is 19.4. The first-order chi connectivity index (χ1) is 10.4. The minimum atomic E-state index is -1.41. The first-order valence-electron chi connectivity index (χ1n) is 7.46. The summed E-state index contributed by atoms with van der Waals surface area (Å²) in [5.41, 5.74) is 3.81. The monoisotopic (exact) mass is 306 g/mol. The van der Waals surface area contributed by atoms with Gasteiger partial charge in [-0.2, -0.15) is 0 Å². The van der Waals surface area contributed by atoms with Crippen molar-refractivity contribution in [3.8, 4) is 11.5 Å². The van der Waals surface area contributed by atoms with Gasteiger partial charge < -0.3 is 5.11 Å². The summed E-state index contributed by atoms with van der Waals surface area (Å²) in [4.78, 5) is 0. The van der Waals surface area contributed by atoms with E-state index in [1.807, 2.05) is 60.7 Å². The second kappa shape index (κ2) is 6.78. The van der Waals surface area contributed by atoms with Gasteiger partial charge in [-0.1, -0.05) is 86.2 Å². The molecule has 0 amide bonds. The Morgan fingerprint density at radius 3 is 1.73 bits per heavy atom. The van der Waals surface area contributed by atoms with E-state index in [0.717, 1.165) is 11.1 Å². The summed E-state index contributed by atoms with van der Waals surface area (Å²) in [6.45, 7) is 6.61. The second-order valence-corrected chi connectivity index (χ2v) is 11.1. The van der Waals surface area contributed by atoms with Crippen LogP contribution in [-0.2, 0) is 5.60 Å². The van der Waals surface area contributed by atoms with Crippen molar-refractivity contribution >= 4 is 8.07 Å². The molecule has 0 atom stereocenters. The first-order valence-corrected chi connectivity index (χ1v) is 11.0. The van der Waals surface area contributed by atoms with Crippen molar-refractivity contribution in [1.29, 1.82) is 0 Å². The van der Waals surface area contributed by atoms with Gasteiger partial charge in [0.2, 0.25) is 0 Å². The van der Waals surface area contributed by atoms with Gasteiger partial charge in [-0.15, -0.1) is 5.54 Å². The Morgan fingerprint density at radius 1 is 0.864 bits per heavy atom. The highest BCUT2D eigenvalue weighted by Gasteiger charge is 2.27. The van der Waals surface area contributed by atoms with Crippen LogP contribution >= 0.6 is 0 Å². The Labute approximate surface area is 134 Å². The molecule has 2 heteroatoms. The lowest BCUT2D eigenvalue weighted by Crippen LogP contribution is -2.24. The number of allylic oxidation sites excluding steroid dienone is 1. The Morgan fingerprint density at radius 2 is 1.32 bits per heavy atom. The van der Waals surface area contributed by atoms with Gasteiger partial charge in [0.15, 0.2) is 0 Å². The molecule has 0 saturated heterocycles. The fourth-order valence-electron chi connectivity index (χ4n) is 2.16. The smallest absolute Gasteiger partial charge is 0.134 e. The third kappa shape index (κ3) is 4.21. The number of hydrogen-bond acceptors (Lipinski definition) is 1. The van der Waals surface area contributed by atoms with E-state index in [4.69, 9.17) is 0 Å². The Bertz CT molecular complexity index is 646. The van der Waals surface area contributed by atoms with E-state index >= 15 is 0 Å². The van der Waals surface area contributed by atoms with Crippen LogP contribution in [0.25, 0.3) is 0 Å². The van der Waals surface area contributed by atoms with Crippen molar-refractivity contribution in [3.63, 3.8) is 0 Å². The molecule has 1 N–H and O–H groups in total. The van der Waals surface area contributed by atoms with Gasteiger partial charge in [0.05, 0.1) is 0 Å². The van der Waals surface area contributed by atoms with E-state index in [1.54, 1.807) is 12.2 Å². The lowest BCUT2D eigenvalue weighted by molar-refractivity contribution is 0.134. The third-order valence-corrected chi connectivity index (χ3v) is 4.18. The van der Waals surface area contributed by atoms with Crippen LogP contribution in [0.5, 0.6) is 0 Å². The zero-order chi connectivity index (χ0) is 16.1. The number of aliphatic hydroxyl groups is 1. The zero-order valence-electron chi connectivity index (χ0n) is 13.4. The average molecular weight is 306 g/mol. The molecule has 2 rings (SSSR count). The first kappa shape index (κ1) is 16.3. The summed E-state index contributed by atoms with van der Waals surface area (Å²) < 4.78 is 0. The van der Waals surface area contributed by atoms with E-state index < -0.39 is 13.7 Å². The van der Waals surface area contributed by atoms with Crippen LogP contribution in [0, 0.1) is 11.5 Å². The van der Waals surface area contributed by atoms with Crippen molar-refractivity contribution in [1.82, 2.24) is 0 Å². The molecule has 0 radical (unpaired) electrons. The van der Waals surface area contributed by atoms with E-state index in [1.165, 1.54) is 0 Å². The highest BCUT2D eigenvalue weighted by Crippen LogP contribution is 2.30. The van der Waals surface area contributed by atoms with Crippen molar-refractivity contribution in [2.45, 2.75) is 25.2 Å². The average Bonchev–Trinajstić information content (AvgIpc) is 2.52. The number of rotatable bonds is 3. The van der Waals surface area contributed by atoms with Crippen LogP contribution in [0.2, 0.25) is 19.6 Å². The van der Waals surface area contributed by atoms with E-state index in [9.17, 15) is 5.11 Å². The predicted octanol–water partition coefficient (Wildman–Crippen LogP) is 4.36. The maximum atomic E-state index is 11.2. The fourth-order valence-corrected chi connectivity index (χ4v) is 2.68. The van der Waals surface area contributed by atoms with Crippen LogP contribution in [-0.4, -0.2) is 13.2 Å². The Hall–Kier alpha value is -2.08. The molecule has 0 unspecified atom stereocenters. The quantitative estimate of drug-likeness (QED) is 0.660. The lowest BCUT2D eigenvalue weighted by atomic mass is 9.86. The highest BCUT2D eigenvalue weighted by atomic mass is 28.3. The largest absolute Gasteiger partial charge is 0.377 e. The molecule has 0 aromatic heterocycles. The van der Waals surface area contributed by atoms with Crippen molar-refractivity contribution in [3.05, 3.63) is 83.9 Å². The maximum Gasteiger partial charge on any atom is 0.134 e. The van der Waals surface area contributed by atoms with Crippen molar-refractivity contribution < 1.29 is 5.11 Å². The van der Waals surface area contributed by atoms with E-state index in [-0.39, 0.29) is 0 Å².